The summed E-state index contributed by atoms with van der Waals surface area (Å²) in [6.45, 7) is 0.689. The maximum absolute atomic E-state index is 12.2. The number of phenols is 1. The summed E-state index contributed by atoms with van der Waals surface area (Å²) in [5, 5.41) is 12.5. The fourth-order valence-electron chi connectivity index (χ4n) is 2.04. The number of carbonyl (C=O) groups excluding carboxylic acids is 1. The fourth-order valence-corrected chi connectivity index (χ4v) is 2.04. The van der Waals surface area contributed by atoms with Crippen molar-refractivity contribution in [3.8, 4) is 5.75 Å². The van der Waals surface area contributed by atoms with Gasteiger partial charge < -0.3 is 14.8 Å². The van der Waals surface area contributed by atoms with E-state index in [1.807, 2.05) is 0 Å². The van der Waals surface area contributed by atoms with Crippen LogP contribution in [0.25, 0.3) is 17.0 Å². The van der Waals surface area contributed by atoms with Gasteiger partial charge in [-0.2, -0.15) is 0 Å². The van der Waals surface area contributed by atoms with Crippen LogP contribution >= 0.6 is 0 Å². The molecule has 0 unspecified atom stereocenters. The van der Waals surface area contributed by atoms with Crippen LogP contribution in [-0.2, 0) is 4.79 Å². The number of benzene rings is 1. The second-order valence-corrected chi connectivity index (χ2v) is 5.22. The van der Waals surface area contributed by atoms with Crippen LogP contribution in [0.3, 0.4) is 0 Å². The molecule has 0 aliphatic heterocycles. The molecule has 1 amide bonds. The monoisotopic (exact) mass is 285 g/mol. The van der Waals surface area contributed by atoms with Gasteiger partial charge in [0.1, 0.15) is 17.6 Å². The van der Waals surface area contributed by atoms with Crippen LogP contribution in [0.4, 0.5) is 0 Å². The van der Waals surface area contributed by atoms with Gasteiger partial charge in [-0.15, -0.1) is 0 Å². The zero-order chi connectivity index (χ0) is 14.8. The van der Waals surface area contributed by atoms with Crippen LogP contribution in [0.15, 0.2) is 39.7 Å². The van der Waals surface area contributed by atoms with Crippen LogP contribution in [0.1, 0.15) is 18.4 Å². The van der Waals surface area contributed by atoms with Gasteiger partial charge in [-0.05, 0) is 37.0 Å². The van der Waals surface area contributed by atoms with Gasteiger partial charge in [0.25, 0.3) is 0 Å². The summed E-state index contributed by atoms with van der Waals surface area (Å²) >= 11 is 0. The molecular formula is C16H15NO4. The second-order valence-electron chi connectivity index (χ2n) is 5.22. The molecule has 1 aromatic heterocycles. The summed E-state index contributed by atoms with van der Waals surface area (Å²) < 4.78 is 5.30. The molecular weight excluding hydrogens is 270 g/mol. The molecule has 2 N–H and O–H groups in total. The van der Waals surface area contributed by atoms with E-state index in [9.17, 15) is 14.7 Å². The third-order valence-corrected chi connectivity index (χ3v) is 3.46. The van der Waals surface area contributed by atoms with Crippen molar-refractivity contribution in [1.82, 2.24) is 5.32 Å². The zero-order valence-electron chi connectivity index (χ0n) is 11.3. The zero-order valence-corrected chi connectivity index (χ0v) is 11.3. The molecule has 0 saturated heterocycles. The highest BCUT2D eigenvalue weighted by Crippen LogP contribution is 2.27. The molecule has 1 aromatic carbocycles. The van der Waals surface area contributed by atoms with Crippen LogP contribution in [0.2, 0.25) is 0 Å². The van der Waals surface area contributed by atoms with Gasteiger partial charge in [-0.1, -0.05) is 0 Å². The van der Waals surface area contributed by atoms with Gasteiger partial charge in [0.15, 0.2) is 5.43 Å². The smallest absolute Gasteiger partial charge is 0.244 e. The SMILES string of the molecule is O=C(/C=C/c1coc2cc(O)ccc2c1=O)NCC1CC1. The number of amides is 1. The van der Waals surface area contributed by atoms with Crippen molar-refractivity contribution in [2.45, 2.75) is 12.8 Å². The van der Waals surface area contributed by atoms with E-state index in [1.165, 1.54) is 49.5 Å². The number of aromatic hydroxyl groups is 1. The van der Waals surface area contributed by atoms with Crippen molar-refractivity contribution < 1.29 is 14.3 Å². The van der Waals surface area contributed by atoms with Gasteiger partial charge in [-0.3, -0.25) is 9.59 Å². The van der Waals surface area contributed by atoms with Crippen molar-refractivity contribution in [3.05, 3.63) is 46.3 Å². The lowest BCUT2D eigenvalue weighted by Gasteiger charge is -2.00. The molecule has 2 aromatic rings. The molecule has 1 fully saturated rings. The first-order valence-corrected chi connectivity index (χ1v) is 6.84. The van der Waals surface area contributed by atoms with Gasteiger partial charge in [0.2, 0.25) is 5.91 Å². The first-order chi connectivity index (χ1) is 10.1. The van der Waals surface area contributed by atoms with Gasteiger partial charge >= 0.3 is 0 Å². The van der Waals surface area contributed by atoms with E-state index < -0.39 is 0 Å². The molecule has 0 spiro atoms. The van der Waals surface area contributed by atoms with Crippen molar-refractivity contribution in [2.75, 3.05) is 6.54 Å². The predicted octanol–water partition coefficient (Wildman–Crippen LogP) is 2.04. The van der Waals surface area contributed by atoms with Gasteiger partial charge in [0, 0.05) is 18.7 Å². The molecule has 0 radical (unpaired) electrons. The maximum atomic E-state index is 12.2. The number of phenolic OH excluding ortho intramolecular Hbond substituents is 1. The first kappa shape index (κ1) is 13.4. The summed E-state index contributed by atoms with van der Waals surface area (Å²) in [5.41, 5.74) is 0.382. The Balaban J connectivity index is 1.80. The van der Waals surface area contributed by atoms with Gasteiger partial charge in [-0.25, -0.2) is 0 Å². The molecule has 0 atom stereocenters. The Morgan fingerprint density at radius 2 is 2.24 bits per heavy atom. The van der Waals surface area contributed by atoms with E-state index in [-0.39, 0.29) is 17.1 Å². The largest absolute Gasteiger partial charge is 0.508 e. The van der Waals surface area contributed by atoms with Crippen molar-refractivity contribution in [2.24, 2.45) is 5.92 Å². The Bertz CT molecular complexity index is 771. The number of nitrogens with one attached hydrogen (secondary N) is 1. The van der Waals surface area contributed by atoms with E-state index >= 15 is 0 Å². The van der Waals surface area contributed by atoms with E-state index in [0.717, 1.165) is 0 Å². The number of fused-ring (bicyclic) bond motifs is 1. The number of carbonyl (C=O) groups is 1. The molecule has 1 saturated carbocycles. The van der Waals surface area contributed by atoms with E-state index in [0.29, 0.717) is 29.0 Å². The molecule has 5 nitrogen and oxygen atoms in total. The summed E-state index contributed by atoms with van der Waals surface area (Å²) in [4.78, 5) is 23.8. The fraction of sp³-hybridized carbons (Fsp3) is 0.250. The molecule has 3 rings (SSSR count). The highest BCUT2D eigenvalue weighted by molar-refractivity contribution is 5.92. The molecule has 108 valence electrons. The van der Waals surface area contributed by atoms with Crippen LogP contribution in [-0.4, -0.2) is 17.6 Å². The minimum absolute atomic E-state index is 0.0356. The summed E-state index contributed by atoms with van der Waals surface area (Å²) in [7, 11) is 0. The van der Waals surface area contributed by atoms with Crippen molar-refractivity contribution >= 4 is 23.0 Å². The maximum Gasteiger partial charge on any atom is 0.244 e. The summed E-state index contributed by atoms with van der Waals surface area (Å²) in [6.07, 6.45) is 6.41. The third kappa shape index (κ3) is 3.13. The van der Waals surface area contributed by atoms with E-state index in [4.69, 9.17) is 4.42 Å². The Morgan fingerprint density at radius 3 is 3.00 bits per heavy atom. The van der Waals surface area contributed by atoms with Crippen LogP contribution in [0, 0.1) is 5.92 Å². The van der Waals surface area contributed by atoms with Crippen molar-refractivity contribution in [1.29, 1.82) is 0 Å². The highest BCUT2D eigenvalue weighted by Gasteiger charge is 2.21. The summed E-state index contributed by atoms with van der Waals surface area (Å²) in [6, 6.07) is 4.31. The first-order valence-electron chi connectivity index (χ1n) is 6.84. The minimum atomic E-state index is -0.234. The molecule has 1 aliphatic carbocycles. The Hall–Kier alpha value is -2.56. The Labute approximate surface area is 120 Å². The van der Waals surface area contributed by atoms with Crippen LogP contribution in [0.5, 0.6) is 5.75 Å². The lowest BCUT2D eigenvalue weighted by atomic mass is 10.1. The molecule has 1 aliphatic rings. The standard InChI is InChI=1S/C16H15NO4/c18-12-4-5-13-14(7-12)21-9-11(16(13)20)3-6-15(19)17-8-10-1-2-10/h3-7,9-10,18H,1-2,8H2,(H,17,19)/b6-3+. The number of hydrogen-bond donors (Lipinski definition) is 2. The average molecular weight is 285 g/mol. The molecule has 1 heterocycles. The number of hydrogen-bond acceptors (Lipinski definition) is 4. The lowest BCUT2D eigenvalue weighted by molar-refractivity contribution is -0.116. The predicted molar refractivity (Wildman–Crippen MR) is 78.9 cm³/mol. The average Bonchev–Trinajstić information content (AvgIpc) is 3.28. The topological polar surface area (TPSA) is 79.5 Å². The van der Waals surface area contributed by atoms with E-state index in [1.54, 1.807) is 0 Å². The van der Waals surface area contributed by atoms with E-state index in [2.05, 4.69) is 5.32 Å². The second kappa shape index (κ2) is 5.44. The van der Waals surface area contributed by atoms with Crippen molar-refractivity contribution in [3.63, 3.8) is 0 Å². The lowest BCUT2D eigenvalue weighted by Crippen LogP contribution is -2.23. The Morgan fingerprint density at radius 1 is 1.43 bits per heavy atom. The Kier molecular flexibility index (Phi) is 3.48. The molecule has 5 heteroatoms. The summed E-state index contributed by atoms with van der Waals surface area (Å²) in [5.74, 6) is 0.432. The normalized spacial score (nSPS) is 14.7. The van der Waals surface area contributed by atoms with Gasteiger partial charge in [0.05, 0.1) is 10.9 Å². The highest BCUT2D eigenvalue weighted by atomic mass is 16.3. The number of rotatable bonds is 4. The van der Waals surface area contributed by atoms with Crippen LogP contribution < -0.4 is 10.7 Å². The molecule has 0 bridgehead atoms. The minimum Gasteiger partial charge on any atom is -0.508 e. The molecule has 21 heavy (non-hydrogen) atoms. The third-order valence-electron chi connectivity index (χ3n) is 3.46. The quantitative estimate of drug-likeness (QED) is 0.842.